The van der Waals surface area contributed by atoms with Gasteiger partial charge in [0.25, 0.3) is 11.8 Å². The molecule has 312 valence electrons. The van der Waals surface area contributed by atoms with Crippen LogP contribution in [0.2, 0.25) is 0 Å². The zero-order chi connectivity index (χ0) is 41.7. The van der Waals surface area contributed by atoms with Crippen LogP contribution in [-0.2, 0) is 17.9 Å². The lowest BCUT2D eigenvalue weighted by Crippen LogP contribution is -2.55. The van der Waals surface area contributed by atoms with Crippen LogP contribution in [0.4, 0.5) is 17.3 Å². The second-order valence-electron chi connectivity index (χ2n) is 15.8. The van der Waals surface area contributed by atoms with Gasteiger partial charge in [0.2, 0.25) is 11.7 Å². The summed E-state index contributed by atoms with van der Waals surface area (Å²) >= 11 is 0. The smallest absolute Gasteiger partial charge is 0.289 e. The van der Waals surface area contributed by atoms with Crippen LogP contribution in [0.3, 0.4) is 0 Å². The summed E-state index contributed by atoms with van der Waals surface area (Å²) in [6, 6.07) is 11.2. The lowest BCUT2D eigenvalue weighted by atomic mass is 10.0. The molecule has 1 aliphatic carbocycles. The van der Waals surface area contributed by atoms with E-state index in [9.17, 15) is 19.5 Å². The predicted molar refractivity (Wildman–Crippen MR) is 224 cm³/mol. The number of anilines is 3. The summed E-state index contributed by atoms with van der Waals surface area (Å²) in [4.78, 5) is 53.3. The molecule has 60 heavy (non-hydrogen) atoms. The minimum Gasteiger partial charge on any atom is -0.496 e. The number of carbonyl (C=O) groups is 3. The topological polar surface area (TPSA) is 217 Å². The van der Waals surface area contributed by atoms with Crippen molar-refractivity contribution in [2.75, 3.05) is 30.8 Å². The summed E-state index contributed by atoms with van der Waals surface area (Å²) < 4.78 is 13.3. The number of nitrogens with one attached hydrogen (secondary N) is 5. The fraction of sp³-hybridized carbons (Fsp3) is 0.419. The fourth-order valence-electron chi connectivity index (χ4n) is 8.54. The second kappa shape index (κ2) is 15.9. The molecule has 9 rings (SSSR count). The van der Waals surface area contributed by atoms with Crippen molar-refractivity contribution in [3.8, 4) is 16.9 Å². The van der Waals surface area contributed by atoms with Crippen LogP contribution in [-0.4, -0.2) is 90.1 Å². The predicted octanol–water partition coefficient (Wildman–Crippen LogP) is 5.79. The third-order valence-electron chi connectivity index (χ3n) is 11.8. The number of aryl methyl sites for hydroxylation is 3. The van der Waals surface area contributed by atoms with Crippen LogP contribution in [0.5, 0.6) is 5.75 Å². The number of rotatable bonds is 15. The molecule has 3 aliphatic rings. The minimum atomic E-state index is -1.08. The van der Waals surface area contributed by atoms with Crippen LogP contribution in [0.15, 0.2) is 40.9 Å². The zero-order valence-corrected chi connectivity index (χ0v) is 34.1. The number of fused-ring (bicyclic) bond motifs is 4. The maximum absolute atomic E-state index is 13.7. The largest absolute Gasteiger partial charge is 0.496 e. The van der Waals surface area contributed by atoms with Crippen molar-refractivity contribution in [3.05, 3.63) is 70.5 Å². The highest BCUT2D eigenvalue weighted by Crippen LogP contribution is 2.43. The van der Waals surface area contributed by atoms with Crippen LogP contribution in [0, 0.1) is 13.8 Å². The molecule has 2 atom stereocenters. The molecule has 2 fully saturated rings. The number of ether oxygens (including phenoxy) is 1. The number of piperidine rings is 1. The first-order valence-electron chi connectivity index (χ1n) is 20.7. The van der Waals surface area contributed by atoms with Crippen molar-refractivity contribution in [2.24, 2.45) is 0 Å². The quantitative estimate of drug-likeness (QED) is 0.0679. The lowest BCUT2D eigenvalue weighted by molar-refractivity contribution is -0.129. The Bertz CT molecular complexity index is 2620. The third kappa shape index (κ3) is 7.26. The maximum atomic E-state index is 13.7. The Kier molecular flexibility index (Phi) is 10.4. The van der Waals surface area contributed by atoms with Gasteiger partial charge in [-0.25, -0.2) is 14.6 Å². The molecular formula is C43H49N11O6. The van der Waals surface area contributed by atoms with E-state index in [1.807, 2.05) is 49.7 Å². The molecule has 6 aromatic rings. The minimum absolute atomic E-state index is 0.0331. The standard InChI is InChI=1S/C43H49N11O6/c1-5-54-34(20-30(51-54)24-12-13-24)47-39-37-26-19-33(59-4)27(36-22(2)52-60-23(36)3)18-31(26)46-38(37)49-40(50-39)42(57)45-17-8-6-7-16-44-29-11-9-10-25-28(29)21-53(43(25)58)32-14-15-35(55)48-41(32)56/h9-11,18-20,24,32,41,44,56H,5-8,12-17,21H2,1-4H3,(H,45,57)(H,48,55)(H2,46,47,49,50). The summed E-state index contributed by atoms with van der Waals surface area (Å²) in [5.74, 6) is 2.34. The lowest BCUT2D eigenvalue weighted by Gasteiger charge is -2.35. The molecule has 0 spiro atoms. The van der Waals surface area contributed by atoms with E-state index in [0.29, 0.717) is 67.1 Å². The number of aromatic amines is 1. The first-order chi connectivity index (χ1) is 29.1. The van der Waals surface area contributed by atoms with Crippen molar-refractivity contribution in [2.45, 2.75) is 97.0 Å². The Hall–Kier alpha value is -6.49. The Labute approximate surface area is 345 Å². The SMILES string of the molecule is CCn1nc(C2CC2)cc1Nc1nc(C(=O)NCCCCCNc2cccc3c2CN(C2CCC(=O)NC2O)C3=O)nc2[nH]c3cc(-c4c(C)noc4C)c(OC)cc3c12. The monoisotopic (exact) mass is 815 g/mol. The van der Waals surface area contributed by atoms with Crippen molar-refractivity contribution in [3.63, 3.8) is 0 Å². The van der Waals surface area contributed by atoms with Gasteiger partial charge in [0.15, 0.2) is 0 Å². The van der Waals surface area contributed by atoms with Gasteiger partial charge in [-0.2, -0.15) is 5.10 Å². The molecule has 3 amide bonds. The molecule has 2 aromatic carbocycles. The van der Waals surface area contributed by atoms with E-state index < -0.39 is 12.3 Å². The van der Waals surface area contributed by atoms with E-state index in [-0.39, 0.29) is 30.0 Å². The number of hydrogen-bond donors (Lipinski definition) is 6. The maximum Gasteiger partial charge on any atom is 0.289 e. The number of amides is 3. The average Bonchev–Trinajstić information content (AvgIpc) is 3.61. The summed E-state index contributed by atoms with van der Waals surface area (Å²) in [6.07, 6.45) is 4.27. The van der Waals surface area contributed by atoms with E-state index in [1.54, 1.807) is 18.1 Å². The first-order valence-corrected chi connectivity index (χ1v) is 20.7. The van der Waals surface area contributed by atoms with Gasteiger partial charge in [-0.1, -0.05) is 11.2 Å². The number of unbranched alkanes of at least 4 members (excludes halogenated alkanes) is 2. The number of H-pyrrole nitrogens is 1. The third-order valence-corrected chi connectivity index (χ3v) is 11.8. The van der Waals surface area contributed by atoms with Gasteiger partial charge < -0.3 is 45.5 Å². The van der Waals surface area contributed by atoms with E-state index in [1.165, 1.54) is 0 Å². The molecule has 17 nitrogen and oxygen atoms in total. The number of aromatic nitrogens is 6. The van der Waals surface area contributed by atoms with Gasteiger partial charge in [0, 0.05) is 77.9 Å². The number of hydrogen-bond acceptors (Lipinski definition) is 12. The Balaban J connectivity index is 0.885. The van der Waals surface area contributed by atoms with Gasteiger partial charge in [-0.3, -0.25) is 14.4 Å². The number of nitrogens with zero attached hydrogens (tertiary/aromatic N) is 6. The van der Waals surface area contributed by atoms with Crippen LogP contribution in [0.1, 0.15) is 101 Å². The van der Waals surface area contributed by atoms with Gasteiger partial charge in [0.1, 0.15) is 35.0 Å². The molecule has 1 saturated heterocycles. The number of methoxy groups -OCH3 is 1. The highest BCUT2D eigenvalue weighted by molar-refractivity contribution is 6.14. The molecule has 0 radical (unpaired) electrons. The zero-order valence-electron chi connectivity index (χ0n) is 34.1. The summed E-state index contributed by atoms with van der Waals surface area (Å²) in [7, 11) is 1.63. The number of aliphatic hydroxyl groups is 1. The van der Waals surface area contributed by atoms with Crippen molar-refractivity contribution in [1.29, 1.82) is 0 Å². The molecule has 2 unspecified atom stereocenters. The Morgan fingerprint density at radius 3 is 2.63 bits per heavy atom. The summed E-state index contributed by atoms with van der Waals surface area (Å²) in [6.45, 7) is 7.95. The number of aliphatic hydroxyl groups excluding tert-OH is 1. The summed E-state index contributed by atoms with van der Waals surface area (Å²) in [5.41, 5.74) is 7.14. The summed E-state index contributed by atoms with van der Waals surface area (Å²) in [5, 5.41) is 33.5. The van der Waals surface area contributed by atoms with E-state index in [4.69, 9.17) is 24.3 Å². The number of carbonyl (C=O) groups excluding carboxylic acids is 3. The van der Waals surface area contributed by atoms with Gasteiger partial charge >= 0.3 is 0 Å². The molecule has 6 heterocycles. The van der Waals surface area contributed by atoms with E-state index >= 15 is 0 Å². The normalized spacial score (nSPS) is 17.6. The molecule has 17 heteroatoms. The highest BCUT2D eigenvalue weighted by atomic mass is 16.5. The van der Waals surface area contributed by atoms with Crippen molar-refractivity contribution >= 4 is 57.0 Å². The van der Waals surface area contributed by atoms with Crippen molar-refractivity contribution < 1.29 is 28.8 Å². The Morgan fingerprint density at radius 2 is 1.88 bits per heavy atom. The van der Waals surface area contributed by atoms with Crippen LogP contribution in [0.25, 0.3) is 33.1 Å². The highest BCUT2D eigenvalue weighted by Gasteiger charge is 2.40. The molecule has 1 saturated carbocycles. The molecule has 2 aliphatic heterocycles. The van der Waals surface area contributed by atoms with E-state index in [0.717, 1.165) is 88.0 Å². The van der Waals surface area contributed by atoms with Crippen LogP contribution >= 0.6 is 0 Å². The number of benzene rings is 2. The molecule has 4 aromatic heterocycles. The fourth-order valence-corrected chi connectivity index (χ4v) is 8.54. The second-order valence-corrected chi connectivity index (χ2v) is 15.8. The van der Waals surface area contributed by atoms with Crippen molar-refractivity contribution in [1.82, 2.24) is 45.4 Å². The molecular weight excluding hydrogens is 767 g/mol. The molecule has 0 bridgehead atoms. The molecule has 6 N–H and O–H groups in total. The first kappa shape index (κ1) is 39.0. The average molecular weight is 816 g/mol. The van der Waals surface area contributed by atoms with Gasteiger partial charge in [0.05, 0.1) is 35.5 Å². The van der Waals surface area contributed by atoms with Gasteiger partial charge in [-0.05, 0) is 83.6 Å². The van der Waals surface area contributed by atoms with Gasteiger partial charge in [-0.15, -0.1) is 0 Å². The Morgan fingerprint density at radius 1 is 1.05 bits per heavy atom. The van der Waals surface area contributed by atoms with Crippen LogP contribution < -0.4 is 26.0 Å². The van der Waals surface area contributed by atoms with E-state index in [2.05, 4.69) is 37.5 Å².